The van der Waals surface area contributed by atoms with E-state index in [1.54, 1.807) is 55.6 Å². The fourth-order valence-corrected chi connectivity index (χ4v) is 3.72. The van der Waals surface area contributed by atoms with Crippen LogP contribution in [-0.4, -0.2) is 28.4 Å². The van der Waals surface area contributed by atoms with Crippen LogP contribution in [0.5, 0.6) is 0 Å². The van der Waals surface area contributed by atoms with Gasteiger partial charge in [-0.15, -0.1) is 0 Å². The molecule has 8 heteroatoms. The summed E-state index contributed by atoms with van der Waals surface area (Å²) in [6, 6.07) is 21.7. The van der Waals surface area contributed by atoms with Crippen molar-refractivity contribution in [3.63, 3.8) is 0 Å². The van der Waals surface area contributed by atoms with Crippen molar-refractivity contribution in [2.75, 3.05) is 4.72 Å². The lowest BCUT2D eigenvalue weighted by Gasteiger charge is -2.09. The Bertz CT molecular complexity index is 1230. The molecule has 29 heavy (non-hydrogen) atoms. The average molecular weight is 403 g/mol. The Morgan fingerprint density at radius 1 is 0.759 bits per heavy atom. The summed E-state index contributed by atoms with van der Waals surface area (Å²) in [6.45, 7) is 1.67. The molecule has 0 atom stereocenters. The Labute approximate surface area is 168 Å². The molecule has 0 aliphatic carbocycles. The zero-order valence-corrected chi connectivity index (χ0v) is 16.3. The zero-order valence-electron chi connectivity index (χ0n) is 15.5. The van der Waals surface area contributed by atoms with Crippen molar-refractivity contribution in [3.05, 3.63) is 84.8 Å². The number of benzene rings is 2. The van der Waals surface area contributed by atoms with Gasteiger partial charge in [0.05, 0.1) is 4.90 Å². The Kier molecular flexibility index (Phi) is 5.01. The predicted octanol–water partition coefficient (Wildman–Crippen LogP) is 3.71. The van der Waals surface area contributed by atoms with Crippen molar-refractivity contribution in [2.45, 2.75) is 11.8 Å². The second-order valence-corrected chi connectivity index (χ2v) is 7.92. The minimum atomic E-state index is -3.85. The summed E-state index contributed by atoms with van der Waals surface area (Å²) in [4.78, 5) is 16.8. The molecule has 0 saturated heterocycles. The summed E-state index contributed by atoms with van der Waals surface area (Å²) < 4.78 is 28.0. The molecule has 2 aromatic heterocycles. The largest absolute Gasteiger partial charge is 0.264 e. The fraction of sp³-hybridized carbons (Fsp3) is 0.0476. The number of pyridine rings is 1. The van der Waals surface area contributed by atoms with Gasteiger partial charge < -0.3 is 0 Å². The number of aromatic nitrogens is 4. The Hall–Kier alpha value is -3.65. The third-order valence-electron chi connectivity index (χ3n) is 4.14. The van der Waals surface area contributed by atoms with Crippen molar-refractivity contribution in [3.8, 4) is 22.6 Å². The summed E-state index contributed by atoms with van der Waals surface area (Å²) in [6.07, 6.45) is 1.62. The van der Waals surface area contributed by atoms with Crippen molar-refractivity contribution in [1.29, 1.82) is 0 Å². The molecule has 0 aliphatic heterocycles. The van der Waals surface area contributed by atoms with Crippen LogP contribution in [0.25, 0.3) is 22.6 Å². The predicted molar refractivity (Wildman–Crippen MR) is 110 cm³/mol. The topological polar surface area (TPSA) is 97.7 Å². The maximum absolute atomic E-state index is 12.8. The lowest BCUT2D eigenvalue weighted by atomic mass is 10.1. The van der Waals surface area contributed by atoms with Crippen LogP contribution in [0.3, 0.4) is 0 Å². The van der Waals surface area contributed by atoms with Crippen LogP contribution in [0.2, 0.25) is 0 Å². The summed E-state index contributed by atoms with van der Waals surface area (Å²) in [5.74, 6) is 0.637. The van der Waals surface area contributed by atoms with Gasteiger partial charge in [0.2, 0.25) is 5.95 Å². The first-order valence-electron chi connectivity index (χ1n) is 8.84. The third-order valence-corrected chi connectivity index (χ3v) is 5.48. The number of nitrogens with one attached hydrogen (secondary N) is 1. The summed E-state index contributed by atoms with van der Waals surface area (Å²) in [5, 5.41) is 0. The minimum absolute atomic E-state index is 0.0507. The molecule has 0 saturated carbocycles. The highest BCUT2D eigenvalue weighted by atomic mass is 32.2. The molecule has 0 unspecified atom stereocenters. The van der Waals surface area contributed by atoms with E-state index in [4.69, 9.17) is 0 Å². The van der Waals surface area contributed by atoms with Crippen LogP contribution in [0.15, 0.2) is 83.9 Å². The molecule has 0 radical (unpaired) electrons. The van der Waals surface area contributed by atoms with Crippen LogP contribution in [0.4, 0.5) is 5.95 Å². The number of nitrogens with zero attached hydrogens (tertiary/aromatic N) is 4. The first-order valence-corrected chi connectivity index (χ1v) is 10.3. The number of hydrogen-bond acceptors (Lipinski definition) is 6. The van der Waals surface area contributed by atoms with Gasteiger partial charge in [0.1, 0.15) is 11.5 Å². The lowest BCUT2D eigenvalue weighted by Crippen LogP contribution is -2.16. The highest BCUT2D eigenvalue weighted by Crippen LogP contribution is 2.22. The van der Waals surface area contributed by atoms with E-state index in [1.165, 1.54) is 0 Å². The van der Waals surface area contributed by atoms with Crippen molar-refractivity contribution in [1.82, 2.24) is 19.9 Å². The maximum Gasteiger partial charge on any atom is 0.264 e. The van der Waals surface area contributed by atoms with E-state index in [0.717, 1.165) is 11.1 Å². The van der Waals surface area contributed by atoms with Crippen LogP contribution in [0, 0.1) is 6.92 Å². The molecule has 0 bridgehead atoms. The smallest absolute Gasteiger partial charge is 0.253 e. The SMILES string of the molecule is Cc1nc(NS(=O)(=O)c2ccc(-c3ccccc3)cc2)nc(-c2ccccn2)n1. The molecule has 144 valence electrons. The van der Waals surface area contributed by atoms with E-state index in [1.807, 2.05) is 30.3 Å². The number of anilines is 1. The third kappa shape index (κ3) is 4.27. The molecule has 0 aliphatic rings. The lowest BCUT2D eigenvalue weighted by molar-refractivity contribution is 0.600. The Balaban J connectivity index is 1.61. The second kappa shape index (κ2) is 7.76. The van der Waals surface area contributed by atoms with Gasteiger partial charge in [-0.3, -0.25) is 4.98 Å². The van der Waals surface area contributed by atoms with Crippen LogP contribution < -0.4 is 4.72 Å². The first-order chi connectivity index (χ1) is 14.0. The molecule has 2 heterocycles. The second-order valence-electron chi connectivity index (χ2n) is 6.24. The normalized spacial score (nSPS) is 11.2. The number of aryl methyl sites for hydroxylation is 1. The highest BCUT2D eigenvalue weighted by molar-refractivity contribution is 7.92. The van der Waals surface area contributed by atoms with E-state index in [9.17, 15) is 8.42 Å². The van der Waals surface area contributed by atoms with Crippen LogP contribution in [-0.2, 0) is 10.0 Å². The van der Waals surface area contributed by atoms with Gasteiger partial charge in [-0.25, -0.2) is 18.1 Å². The van der Waals surface area contributed by atoms with Gasteiger partial charge in [-0.1, -0.05) is 48.5 Å². The minimum Gasteiger partial charge on any atom is -0.253 e. The molecule has 0 amide bonds. The Morgan fingerprint density at radius 2 is 1.45 bits per heavy atom. The fourth-order valence-electron chi connectivity index (χ4n) is 2.77. The standard InChI is InChI=1S/C21H17N5O2S/c1-15-23-20(19-9-5-6-14-22-19)25-21(24-15)26-29(27,28)18-12-10-17(11-13-18)16-7-3-2-4-8-16/h2-14H,1H3,(H,23,24,25,26). The van der Waals surface area contributed by atoms with Gasteiger partial charge >= 0.3 is 0 Å². The van der Waals surface area contributed by atoms with Crippen molar-refractivity contribution >= 4 is 16.0 Å². The molecule has 4 rings (SSSR count). The van der Waals surface area contributed by atoms with Crippen molar-refractivity contribution < 1.29 is 8.42 Å². The van der Waals surface area contributed by atoms with E-state index in [2.05, 4.69) is 24.7 Å². The van der Waals surface area contributed by atoms with E-state index < -0.39 is 10.0 Å². The van der Waals surface area contributed by atoms with Gasteiger partial charge in [0.25, 0.3) is 10.0 Å². The quantitative estimate of drug-likeness (QED) is 0.545. The molecular weight excluding hydrogens is 386 g/mol. The van der Waals surface area contributed by atoms with Gasteiger partial charge in [0.15, 0.2) is 5.82 Å². The maximum atomic E-state index is 12.8. The zero-order chi connectivity index (χ0) is 20.3. The molecule has 0 spiro atoms. The molecule has 0 fully saturated rings. The molecule has 4 aromatic rings. The molecule has 1 N–H and O–H groups in total. The monoisotopic (exact) mass is 403 g/mol. The number of hydrogen-bond donors (Lipinski definition) is 1. The van der Waals surface area contributed by atoms with Gasteiger partial charge in [-0.2, -0.15) is 9.97 Å². The first kappa shape index (κ1) is 18.7. The van der Waals surface area contributed by atoms with E-state index in [0.29, 0.717) is 17.3 Å². The van der Waals surface area contributed by atoms with Gasteiger partial charge in [-0.05, 0) is 42.3 Å². The summed E-state index contributed by atoms with van der Waals surface area (Å²) in [5.41, 5.74) is 2.47. The van der Waals surface area contributed by atoms with E-state index >= 15 is 0 Å². The molecular formula is C21H17N5O2S. The van der Waals surface area contributed by atoms with Crippen molar-refractivity contribution in [2.24, 2.45) is 0 Å². The van der Waals surface area contributed by atoms with Gasteiger partial charge in [0, 0.05) is 6.20 Å². The van der Waals surface area contributed by atoms with E-state index in [-0.39, 0.29) is 10.8 Å². The highest BCUT2D eigenvalue weighted by Gasteiger charge is 2.17. The van der Waals surface area contributed by atoms with Crippen LogP contribution in [0.1, 0.15) is 5.82 Å². The summed E-state index contributed by atoms with van der Waals surface area (Å²) >= 11 is 0. The Morgan fingerprint density at radius 3 is 2.14 bits per heavy atom. The average Bonchev–Trinajstić information content (AvgIpc) is 2.74. The molecule has 7 nitrogen and oxygen atoms in total. The molecule has 2 aromatic carbocycles. The number of sulfonamides is 1. The number of rotatable bonds is 5. The summed E-state index contributed by atoms with van der Waals surface area (Å²) in [7, 11) is -3.85. The van der Waals surface area contributed by atoms with Crippen LogP contribution >= 0.6 is 0 Å².